The summed E-state index contributed by atoms with van der Waals surface area (Å²) in [5.74, 6) is -1.03. The van der Waals surface area contributed by atoms with Crippen molar-refractivity contribution in [1.29, 1.82) is 0 Å². The number of ether oxygens (including phenoxy) is 1. The monoisotopic (exact) mass is 350 g/mol. The number of para-hydroxylation sites is 1. The fourth-order valence-corrected chi connectivity index (χ4v) is 4.62. The molecule has 1 N–H and O–H groups in total. The highest BCUT2D eigenvalue weighted by Gasteiger charge is 2.63. The van der Waals surface area contributed by atoms with Gasteiger partial charge in [0.25, 0.3) is 5.91 Å². The van der Waals surface area contributed by atoms with E-state index in [1.165, 1.54) is 7.11 Å². The van der Waals surface area contributed by atoms with Gasteiger partial charge in [-0.05, 0) is 11.6 Å². The Kier molecular flexibility index (Phi) is 3.84. The maximum Gasteiger partial charge on any atom is 0.310 e. The third-order valence-electron chi connectivity index (χ3n) is 5.93. The van der Waals surface area contributed by atoms with Gasteiger partial charge in [0.1, 0.15) is 5.54 Å². The molecule has 1 fully saturated rings. The molecule has 134 valence electrons. The third-order valence-corrected chi connectivity index (χ3v) is 5.93. The summed E-state index contributed by atoms with van der Waals surface area (Å²) in [6.07, 6.45) is 0. The Morgan fingerprint density at radius 3 is 2.46 bits per heavy atom. The average Bonchev–Trinajstić information content (AvgIpc) is 3.11. The van der Waals surface area contributed by atoms with Crippen LogP contribution in [0.25, 0.3) is 0 Å². The summed E-state index contributed by atoms with van der Waals surface area (Å²) in [5.41, 5.74) is 1.86. The molecule has 1 spiro atoms. The standard InChI is InChI=1S/C21H22N2O3/c1-13-17(19(24)26-3)18(14-9-5-4-6-10-14)22-21(13)15-11-7-8-12-16(15)23(2)20(21)25/h4-13,17-18,22H,1-3H3/t13-,17-,18-,21-/m0/s1. The van der Waals surface area contributed by atoms with Gasteiger partial charge in [-0.2, -0.15) is 0 Å². The van der Waals surface area contributed by atoms with Crippen molar-refractivity contribution >= 4 is 17.6 Å². The Labute approximate surface area is 153 Å². The highest BCUT2D eigenvalue weighted by atomic mass is 16.5. The second kappa shape index (κ2) is 5.95. The largest absolute Gasteiger partial charge is 0.469 e. The van der Waals surface area contributed by atoms with E-state index in [0.29, 0.717) is 0 Å². The molecular formula is C21H22N2O3. The van der Waals surface area contributed by atoms with E-state index in [0.717, 1.165) is 16.8 Å². The number of fused-ring (bicyclic) bond motifs is 2. The van der Waals surface area contributed by atoms with E-state index in [1.54, 1.807) is 11.9 Å². The molecular weight excluding hydrogens is 328 g/mol. The molecule has 1 amide bonds. The molecule has 0 saturated carbocycles. The molecule has 0 aliphatic carbocycles. The third kappa shape index (κ3) is 2.07. The van der Waals surface area contributed by atoms with Crippen LogP contribution in [-0.4, -0.2) is 26.0 Å². The van der Waals surface area contributed by atoms with E-state index in [4.69, 9.17) is 4.74 Å². The normalized spacial score (nSPS) is 29.9. The molecule has 1 saturated heterocycles. The van der Waals surface area contributed by atoms with Gasteiger partial charge in [0.05, 0.1) is 13.0 Å². The predicted molar refractivity (Wildman–Crippen MR) is 98.5 cm³/mol. The zero-order valence-electron chi connectivity index (χ0n) is 15.1. The van der Waals surface area contributed by atoms with Gasteiger partial charge in [0, 0.05) is 30.3 Å². The second-order valence-electron chi connectivity index (χ2n) is 7.06. The molecule has 2 heterocycles. The number of nitrogens with zero attached hydrogens (tertiary/aromatic N) is 1. The van der Waals surface area contributed by atoms with Crippen molar-refractivity contribution in [3.63, 3.8) is 0 Å². The van der Waals surface area contributed by atoms with E-state index in [1.807, 2.05) is 61.5 Å². The summed E-state index contributed by atoms with van der Waals surface area (Å²) in [6, 6.07) is 17.3. The van der Waals surface area contributed by atoms with Crippen LogP contribution in [-0.2, 0) is 19.9 Å². The van der Waals surface area contributed by atoms with E-state index in [9.17, 15) is 9.59 Å². The lowest BCUT2D eigenvalue weighted by Gasteiger charge is -2.29. The van der Waals surface area contributed by atoms with Gasteiger partial charge in [0.15, 0.2) is 0 Å². The van der Waals surface area contributed by atoms with Crippen molar-refractivity contribution in [3.8, 4) is 0 Å². The Balaban J connectivity index is 1.89. The number of amides is 1. The first-order valence-electron chi connectivity index (χ1n) is 8.80. The van der Waals surface area contributed by atoms with Gasteiger partial charge in [-0.25, -0.2) is 0 Å². The minimum Gasteiger partial charge on any atom is -0.469 e. The second-order valence-corrected chi connectivity index (χ2v) is 7.06. The lowest BCUT2D eigenvalue weighted by molar-refractivity contribution is -0.147. The van der Waals surface area contributed by atoms with Crippen molar-refractivity contribution in [3.05, 3.63) is 65.7 Å². The van der Waals surface area contributed by atoms with Crippen molar-refractivity contribution in [1.82, 2.24) is 5.32 Å². The van der Waals surface area contributed by atoms with Crippen LogP contribution in [0.4, 0.5) is 5.69 Å². The maximum atomic E-state index is 13.3. The lowest BCUT2D eigenvalue weighted by Crippen LogP contribution is -2.50. The number of likely N-dealkylation sites (N-methyl/N-ethyl adjacent to an activating group) is 1. The minimum atomic E-state index is -0.926. The van der Waals surface area contributed by atoms with Gasteiger partial charge < -0.3 is 9.64 Å². The number of nitrogens with one attached hydrogen (secondary N) is 1. The first-order valence-corrected chi connectivity index (χ1v) is 8.80. The molecule has 0 unspecified atom stereocenters. The summed E-state index contributed by atoms with van der Waals surface area (Å²) in [7, 11) is 3.19. The molecule has 2 aliphatic heterocycles. The molecule has 26 heavy (non-hydrogen) atoms. The van der Waals surface area contributed by atoms with Crippen LogP contribution in [0.2, 0.25) is 0 Å². The molecule has 0 radical (unpaired) electrons. The van der Waals surface area contributed by atoms with Crippen molar-refractivity contribution < 1.29 is 14.3 Å². The molecule has 2 aromatic carbocycles. The zero-order chi connectivity index (χ0) is 18.5. The van der Waals surface area contributed by atoms with Crippen LogP contribution in [0, 0.1) is 11.8 Å². The smallest absolute Gasteiger partial charge is 0.310 e. The summed E-state index contributed by atoms with van der Waals surface area (Å²) in [6.45, 7) is 1.96. The van der Waals surface area contributed by atoms with E-state index < -0.39 is 11.5 Å². The van der Waals surface area contributed by atoms with E-state index in [-0.39, 0.29) is 23.8 Å². The molecule has 2 aliphatic rings. The average molecular weight is 350 g/mol. The lowest BCUT2D eigenvalue weighted by atomic mass is 9.76. The highest BCUT2D eigenvalue weighted by Crippen LogP contribution is 2.54. The molecule has 4 rings (SSSR count). The summed E-state index contributed by atoms with van der Waals surface area (Å²) < 4.78 is 5.11. The first kappa shape index (κ1) is 16.8. The maximum absolute atomic E-state index is 13.3. The number of esters is 1. The van der Waals surface area contributed by atoms with Crippen LogP contribution < -0.4 is 10.2 Å². The topological polar surface area (TPSA) is 58.6 Å². The molecule has 2 aromatic rings. The SMILES string of the molecule is COC(=O)[C@@H]1[C@H](c2ccccc2)N[C@@]2(C(=O)N(C)c3ccccc32)[C@H]1C. The zero-order valence-corrected chi connectivity index (χ0v) is 15.1. The summed E-state index contributed by atoms with van der Waals surface area (Å²) in [4.78, 5) is 27.7. The number of carbonyl (C=O) groups is 2. The number of rotatable bonds is 2. The predicted octanol–water partition coefficient (Wildman–Crippen LogP) is 2.63. The Hall–Kier alpha value is -2.66. The van der Waals surface area contributed by atoms with Gasteiger partial charge in [0.2, 0.25) is 0 Å². The van der Waals surface area contributed by atoms with Crippen LogP contribution in [0.3, 0.4) is 0 Å². The van der Waals surface area contributed by atoms with Gasteiger partial charge >= 0.3 is 5.97 Å². The van der Waals surface area contributed by atoms with Crippen molar-refractivity contribution in [2.45, 2.75) is 18.5 Å². The van der Waals surface area contributed by atoms with Crippen LogP contribution in [0.15, 0.2) is 54.6 Å². The fraction of sp³-hybridized carbons (Fsp3) is 0.333. The van der Waals surface area contributed by atoms with Crippen molar-refractivity contribution in [2.75, 3.05) is 19.1 Å². The molecule has 4 atom stereocenters. The van der Waals surface area contributed by atoms with Gasteiger partial charge in [-0.3, -0.25) is 14.9 Å². The van der Waals surface area contributed by atoms with Crippen molar-refractivity contribution in [2.24, 2.45) is 11.8 Å². The quantitative estimate of drug-likeness (QED) is 0.846. The van der Waals surface area contributed by atoms with Crippen LogP contribution in [0.5, 0.6) is 0 Å². The van der Waals surface area contributed by atoms with Gasteiger partial charge in [-0.1, -0.05) is 55.5 Å². The van der Waals surface area contributed by atoms with Crippen LogP contribution >= 0.6 is 0 Å². The Morgan fingerprint density at radius 1 is 1.12 bits per heavy atom. The number of methoxy groups -OCH3 is 1. The van der Waals surface area contributed by atoms with Gasteiger partial charge in [-0.15, -0.1) is 0 Å². The Bertz CT molecular complexity index is 867. The molecule has 5 heteroatoms. The number of anilines is 1. The summed E-state index contributed by atoms with van der Waals surface area (Å²) in [5, 5.41) is 3.54. The summed E-state index contributed by atoms with van der Waals surface area (Å²) >= 11 is 0. The number of carbonyl (C=O) groups excluding carboxylic acids is 2. The first-order chi connectivity index (χ1) is 12.5. The number of benzene rings is 2. The Morgan fingerprint density at radius 2 is 1.77 bits per heavy atom. The number of hydrogen-bond donors (Lipinski definition) is 1. The fourth-order valence-electron chi connectivity index (χ4n) is 4.62. The van der Waals surface area contributed by atoms with Crippen LogP contribution in [0.1, 0.15) is 24.1 Å². The molecule has 5 nitrogen and oxygen atoms in total. The van der Waals surface area contributed by atoms with E-state index >= 15 is 0 Å². The van der Waals surface area contributed by atoms with E-state index in [2.05, 4.69) is 5.32 Å². The molecule has 0 bridgehead atoms. The molecule has 0 aromatic heterocycles. The highest BCUT2D eigenvalue weighted by molar-refractivity contribution is 6.08. The number of hydrogen-bond acceptors (Lipinski definition) is 4. The minimum absolute atomic E-state index is 0.0291.